The van der Waals surface area contributed by atoms with Gasteiger partial charge in [-0.25, -0.2) is 0 Å². The number of para-hydroxylation sites is 3. The maximum absolute atomic E-state index is 6.69. The predicted molar refractivity (Wildman–Crippen MR) is 199 cm³/mol. The first-order chi connectivity index (χ1) is 23.3. The van der Waals surface area contributed by atoms with E-state index < -0.39 is 0 Å². The number of furan rings is 1. The highest BCUT2D eigenvalue weighted by Gasteiger charge is 2.21. The lowest BCUT2D eigenvalue weighted by atomic mass is 9.85. The van der Waals surface area contributed by atoms with Gasteiger partial charge in [-0.2, -0.15) is 0 Å². The van der Waals surface area contributed by atoms with Gasteiger partial charge >= 0.3 is 0 Å². The number of rotatable bonds is 3. The van der Waals surface area contributed by atoms with E-state index >= 15 is 0 Å². The van der Waals surface area contributed by atoms with Gasteiger partial charge in [0.25, 0.3) is 0 Å². The third-order valence-electron chi connectivity index (χ3n) is 9.67. The van der Waals surface area contributed by atoms with Crippen LogP contribution in [0.2, 0.25) is 5.02 Å². The Labute approximate surface area is 275 Å². The normalized spacial score (nSPS) is 11.9. The second-order valence-electron chi connectivity index (χ2n) is 12.2. The maximum atomic E-state index is 6.69. The molecule has 0 aliphatic heterocycles. The van der Waals surface area contributed by atoms with Crippen LogP contribution in [0.5, 0.6) is 0 Å². The van der Waals surface area contributed by atoms with Crippen LogP contribution in [0, 0.1) is 0 Å². The van der Waals surface area contributed by atoms with Crippen LogP contribution in [0.15, 0.2) is 162 Å². The molecule has 0 aliphatic carbocycles. The fraction of sp³-hybridized carbons (Fsp3) is 0. The van der Waals surface area contributed by atoms with Crippen molar-refractivity contribution in [1.82, 2.24) is 4.57 Å². The molecule has 0 bridgehead atoms. The van der Waals surface area contributed by atoms with E-state index in [9.17, 15) is 0 Å². The Morgan fingerprint density at radius 3 is 1.55 bits per heavy atom. The van der Waals surface area contributed by atoms with E-state index in [1.165, 1.54) is 60.0 Å². The average Bonchev–Trinajstić information content (AvgIpc) is 3.68. The molecule has 10 rings (SSSR count). The van der Waals surface area contributed by atoms with Gasteiger partial charge in [-0.3, -0.25) is 0 Å². The topological polar surface area (TPSA) is 18.1 Å². The lowest BCUT2D eigenvalue weighted by Crippen LogP contribution is -1.94. The van der Waals surface area contributed by atoms with Crippen LogP contribution >= 0.6 is 11.6 Å². The van der Waals surface area contributed by atoms with Crippen LogP contribution in [-0.2, 0) is 0 Å². The number of halogens is 1. The van der Waals surface area contributed by atoms with Crippen LogP contribution in [0.1, 0.15) is 0 Å². The molecule has 2 heterocycles. The Bertz CT molecular complexity index is 2750. The standard InChI is InChI=1S/C44H26ClNO/c45-37-19-10-22-40-43(37)36-18-9-17-35(44(36)47-40)42-33-15-3-1-13-31(33)41(32-14-2-4-16-34(32)42)27-23-25-28(26-24-27)46-38-20-7-5-11-29(38)30-12-6-8-21-39(30)46/h1-26H. The molecule has 0 atom stereocenters. The molecule has 10 aromatic rings. The van der Waals surface area contributed by atoms with E-state index in [1.54, 1.807) is 0 Å². The van der Waals surface area contributed by atoms with Crippen LogP contribution in [0.3, 0.4) is 0 Å². The Morgan fingerprint density at radius 2 is 0.936 bits per heavy atom. The molecule has 220 valence electrons. The third-order valence-corrected chi connectivity index (χ3v) is 9.98. The summed E-state index contributed by atoms with van der Waals surface area (Å²) < 4.78 is 8.92. The number of hydrogen-bond donors (Lipinski definition) is 0. The van der Waals surface area contributed by atoms with E-state index in [-0.39, 0.29) is 0 Å². The number of hydrogen-bond acceptors (Lipinski definition) is 1. The van der Waals surface area contributed by atoms with Gasteiger partial charge in [-0.1, -0.05) is 133 Å². The minimum Gasteiger partial charge on any atom is -0.455 e. The molecular formula is C44H26ClNO. The van der Waals surface area contributed by atoms with Gasteiger partial charge in [0.15, 0.2) is 0 Å². The van der Waals surface area contributed by atoms with Crippen LogP contribution in [0.4, 0.5) is 0 Å². The molecule has 0 amide bonds. The lowest BCUT2D eigenvalue weighted by Gasteiger charge is -2.18. The highest BCUT2D eigenvalue weighted by atomic mass is 35.5. The van der Waals surface area contributed by atoms with Gasteiger partial charge in [0.1, 0.15) is 11.2 Å². The van der Waals surface area contributed by atoms with Crippen molar-refractivity contribution in [2.75, 3.05) is 0 Å². The summed E-state index contributed by atoms with van der Waals surface area (Å²) >= 11 is 6.69. The van der Waals surface area contributed by atoms with E-state index in [4.69, 9.17) is 16.0 Å². The minimum absolute atomic E-state index is 0.702. The van der Waals surface area contributed by atoms with Crippen molar-refractivity contribution >= 4 is 76.9 Å². The molecule has 0 saturated carbocycles. The average molecular weight is 620 g/mol. The second-order valence-corrected chi connectivity index (χ2v) is 12.6. The maximum Gasteiger partial charge on any atom is 0.143 e. The smallest absolute Gasteiger partial charge is 0.143 e. The van der Waals surface area contributed by atoms with Crippen LogP contribution in [-0.4, -0.2) is 4.57 Å². The summed E-state index contributed by atoms with van der Waals surface area (Å²) in [4.78, 5) is 0. The molecule has 0 fully saturated rings. The Balaban J connectivity index is 1.23. The quantitative estimate of drug-likeness (QED) is 0.180. The molecule has 0 radical (unpaired) electrons. The van der Waals surface area contributed by atoms with Gasteiger partial charge in [-0.05, 0) is 69.1 Å². The number of nitrogens with zero attached hydrogens (tertiary/aromatic N) is 1. The highest BCUT2D eigenvalue weighted by Crippen LogP contribution is 2.47. The van der Waals surface area contributed by atoms with Gasteiger partial charge in [-0.15, -0.1) is 0 Å². The van der Waals surface area contributed by atoms with Crippen molar-refractivity contribution in [3.8, 4) is 27.9 Å². The molecule has 2 aromatic heterocycles. The predicted octanol–water partition coefficient (Wildman–Crippen LogP) is 13.0. The third kappa shape index (κ3) is 3.80. The molecule has 3 heteroatoms. The Morgan fingerprint density at radius 1 is 0.426 bits per heavy atom. The van der Waals surface area contributed by atoms with E-state index in [1.807, 2.05) is 18.2 Å². The summed E-state index contributed by atoms with van der Waals surface area (Å²) in [6.45, 7) is 0. The molecule has 0 aliphatic rings. The van der Waals surface area contributed by atoms with Crippen molar-refractivity contribution in [2.45, 2.75) is 0 Å². The van der Waals surface area contributed by atoms with Crippen molar-refractivity contribution < 1.29 is 4.42 Å². The first-order valence-corrected chi connectivity index (χ1v) is 16.3. The zero-order chi connectivity index (χ0) is 31.1. The summed E-state index contributed by atoms with van der Waals surface area (Å²) in [6, 6.07) is 56.1. The van der Waals surface area contributed by atoms with Crippen LogP contribution in [0.25, 0.3) is 93.2 Å². The molecule has 47 heavy (non-hydrogen) atoms. The molecule has 0 saturated heterocycles. The summed E-state index contributed by atoms with van der Waals surface area (Å²) in [7, 11) is 0. The number of aromatic nitrogens is 1. The highest BCUT2D eigenvalue weighted by molar-refractivity contribution is 6.38. The summed E-state index contributed by atoms with van der Waals surface area (Å²) in [5, 5.41) is 10.0. The van der Waals surface area contributed by atoms with Gasteiger partial charge in [0.2, 0.25) is 0 Å². The fourth-order valence-electron chi connectivity index (χ4n) is 7.71. The summed E-state index contributed by atoms with van der Waals surface area (Å²) in [5.41, 5.74) is 9.87. The van der Waals surface area contributed by atoms with Gasteiger partial charge in [0, 0.05) is 38.4 Å². The number of fused-ring (bicyclic) bond motifs is 8. The summed E-state index contributed by atoms with van der Waals surface area (Å²) in [5.74, 6) is 0. The van der Waals surface area contributed by atoms with Crippen molar-refractivity contribution in [3.05, 3.63) is 163 Å². The molecular weight excluding hydrogens is 594 g/mol. The van der Waals surface area contributed by atoms with E-state index in [0.29, 0.717) is 5.02 Å². The Kier molecular flexibility index (Phi) is 5.66. The summed E-state index contributed by atoms with van der Waals surface area (Å²) in [6.07, 6.45) is 0. The molecule has 0 N–H and O–H groups in total. The van der Waals surface area contributed by atoms with Crippen LogP contribution < -0.4 is 0 Å². The Hall–Kier alpha value is -5.83. The van der Waals surface area contributed by atoms with Crippen molar-refractivity contribution in [3.63, 3.8) is 0 Å². The zero-order valence-corrected chi connectivity index (χ0v) is 26.0. The molecule has 0 unspecified atom stereocenters. The van der Waals surface area contributed by atoms with Gasteiger partial charge < -0.3 is 8.98 Å². The monoisotopic (exact) mass is 619 g/mol. The van der Waals surface area contributed by atoms with E-state index in [0.717, 1.165) is 33.2 Å². The molecule has 0 spiro atoms. The second kappa shape index (κ2) is 10.1. The molecule has 8 aromatic carbocycles. The number of benzene rings is 8. The van der Waals surface area contributed by atoms with E-state index in [2.05, 4.69) is 144 Å². The van der Waals surface area contributed by atoms with Gasteiger partial charge in [0.05, 0.1) is 16.1 Å². The first kappa shape index (κ1) is 26.4. The molecule has 2 nitrogen and oxygen atoms in total. The van der Waals surface area contributed by atoms with Crippen molar-refractivity contribution in [2.24, 2.45) is 0 Å². The zero-order valence-electron chi connectivity index (χ0n) is 25.2. The largest absolute Gasteiger partial charge is 0.455 e. The lowest BCUT2D eigenvalue weighted by molar-refractivity contribution is 0.670. The fourth-order valence-corrected chi connectivity index (χ4v) is 7.98. The minimum atomic E-state index is 0.702. The van der Waals surface area contributed by atoms with Crippen molar-refractivity contribution in [1.29, 1.82) is 0 Å². The SMILES string of the molecule is Clc1cccc2oc3c(-c4c5ccccc5c(-c5ccc(-n6c7ccccc7c7ccccc76)cc5)c5ccccc45)cccc3c12. The first-order valence-electron chi connectivity index (χ1n) is 15.9.